The Morgan fingerprint density at radius 3 is 2.35 bits per heavy atom. The molecule has 8 heteroatoms. The second-order valence-electron chi connectivity index (χ2n) is 6.58. The van der Waals surface area contributed by atoms with Gasteiger partial charge < -0.3 is 11.1 Å². The number of benzene rings is 1. The zero-order valence-corrected chi connectivity index (χ0v) is 15.9. The maximum absolute atomic E-state index is 12.6. The Balaban J connectivity index is 2.19. The number of anilines is 2. The van der Waals surface area contributed by atoms with Crippen molar-refractivity contribution in [3.05, 3.63) is 48.2 Å². The number of sulfonamides is 1. The van der Waals surface area contributed by atoms with Crippen LogP contribution in [0.15, 0.2) is 47.5 Å². The Morgan fingerprint density at radius 2 is 1.81 bits per heavy atom. The van der Waals surface area contributed by atoms with E-state index in [2.05, 4.69) is 15.0 Å². The number of amides is 1. The molecule has 0 radical (unpaired) electrons. The van der Waals surface area contributed by atoms with Crippen LogP contribution in [0.2, 0.25) is 0 Å². The fraction of sp³-hybridized carbons (Fsp3) is 0.333. The number of rotatable bonds is 7. The minimum atomic E-state index is -3.81. The average molecular weight is 376 g/mol. The van der Waals surface area contributed by atoms with Crippen LogP contribution in [0.3, 0.4) is 0 Å². The van der Waals surface area contributed by atoms with Gasteiger partial charge in [-0.05, 0) is 43.5 Å². The number of aryl methyl sites for hydroxylation is 1. The van der Waals surface area contributed by atoms with E-state index in [1.807, 2.05) is 20.8 Å². The van der Waals surface area contributed by atoms with E-state index in [4.69, 9.17) is 5.73 Å². The van der Waals surface area contributed by atoms with E-state index in [9.17, 15) is 13.2 Å². The molecule has 1 unspecified atom stereocenters. The Morgan fingerprint density at radius 1 is 1.15 bits per heavy atom. The third-order valence-corrected chi connectivity index (χ3v) is 5.19. The lowest BCUT2D eigenvalue weighted by molar-refractivity contribution is -0.118. The summed E-state index contributed by atoms with van der Waals surface area (Å²) < 4.78 is 27.7. The summed E-state index contributed by atoms with van der Waals surface area (Å²) in [4.78, 5) is 16.6. The van der Waals surface area contributed by atoms with Gasteiger partial charge in [-0.1, -0.05) is 31.5 Å². The van der Waals surface area contributed by atoms with Gasteiger partial charge in [0, 0.05) is 0 Å². The summed E-state index contributed by atoms with van der Waals surface area (Å²) in [6.07, 6.45) is 1.79. The zero-order chi connectivity index (χ0) is 19.3. The van der Waals surface area contributed by atoms with Crippen molar-refractivity contribution in [3.63, 3.8) is 0 Å². The fourth-order valence-electron chi connectivity index (χ4n) is 2.36. The highest BCUT2D eigenvalue weighted by atomic mass is 32.2. The quantitative estimate of drug-likeness (QED) is 0.686. The van der Waals surface area contributed by atoms with Gasteiger partial charge in [0.2, 0.25) is 15.9 Å². The van der Waals surface area contributed by atoms with Gasteiger partial charge in [0.1, 0.15) is 11.9 Å². The normalized spacial score (nSPS) is 12.8. The molecule has 0 bridgehead atoms. The monoisotopic (exact) mass is 376 g/mol. The van der Waals surface area contributed by atoms with Crippen LogP contribution in [0.5, 0.6) is 0 Å². The van der Waals surface area contributed by atoms with E-state index in [-0.39, 0.29) is 10.8 Å². The van der Waals surface area contributed by atoms with Crippen molar-refractivity contribution in [2.24, 2.45) is 5.92 Å². The second-order valence-corrected chi connectivity index (χ2v) is 8.29. The van der Waals surface area contributed by atoms with Gasteiger partial charge in [0.05, 0.1) is 16.8 Å². The first-order valence-electron chi connectivity index (χ1n) is 8.29. The number of carbonyl (C=O) groups is 1. The fourth-order valence-corrected chi connectivity index (χ4v) is 3.57. The zero-order valence-electron chi connectivity index (χ0n) is 15.1. The molecule has 2 aromatic rings. The molecular formula is C18H24N4O3S. The highest BCUT2D eigenvalue weighted by Crippen LogP contribution is 2.15. The van der Waals surface area contributed by atoms with Crippen molar-refractivity contribution < 1.29 is 13.2 Å². The molecule has 0 saturated carbocycles. The van der Waals surface area contributed by atoms with E-state index in [0.29, 0.717) is 17.9 Å². The van der Waals surface area contributed by atoms with Crippen molar-refractivity contribution in [2.75, 3.05) is 11.1 Å². The predicted octanol–water partition coefficient (Wildman–Crippen LogP) is 2.30. The summed E-state index contributed by atoms with van der Waals surface area (Å²) in [5, 5.41) is 2.67. The molecule has 140 valence electrons. The summed E-state index contributed by atoms with van der Waals surface area (Å²) in [6.45, 7) is 5.72. The molecule has 1 heterocycles. The second kappa shape index (κ2) is 8.29. The van der Waals surface area contributed by atoms with Gasteiger partial charge in [0.25, 0.3) is 0 Å². The van der Waals surface area contributed by atoms with Crippen molar-refractivity contribution in [1.29, 1.82) is 0 Å². The minimum absolute atomic E-state index is 0.121. The number of pyridine rings is 1. The number of nitrogens with one attached hydrogen (secondary N) is 2. The largest absolute Gasteiger partial charge is 0.384 e. The van der Waals surface area contributed by atoms with Gasteiger partial charge in [-0.25, -0.2) is 13.4 Å². The minimum Gasteiger partial charge on any atom is -0.384 e. The molecule has 1 amide bonds. The lowest BCUT2D eigenvalue weighted by Crippen LogP contribution is -2.44. The smallest absolute Gasteiger partial charge is 0.242 e. The van der Waals surface area contributed by atoms with Gasteiger partial charge >= 0.3 is 0 Å². The average Bonchev–Trinajstić information content (AvgIpc) is 2.56. The van der Waals surface area contributed by atoms with Crippen LogP contribution in [-0.4, -0.2) is 25.4 Å². The number of hydrogen-bond acceptors (Lipinski definition) is 5. The van der Waals surface area contributed by atoms with Crippen LogP contribution in [0.4, 0.5) is 11.5 Å². The Hall–Kier alpha value is -2.45. The summed E-state index contributed by atoms with van der Waals surface area (Å²) in [6, 6.07) is 8.74. The van der Waals surface area contributed by atoms with Crippen LogP contribution in [0.1, 0.15) is 25.8 Å². The molecule has 0 saturated heterocycles. The summed E-state index contributed by atoms with van der Waals surface area (Å²) in [5.74, 6) is 0.0128. The molecule has 1 atom stereocenters. The third kappa shape index (κ3) is 5.53. The number of hydrogen-bond donors (Lipinski definition) is 3. The number of aromatic nitrogens is 1. The number of nitrogens with zero attached hydrogens (tertiary/aromatic N) is 1. The third-order valence-electron chi connectivity index (χ3n) is 3.71. The number of nitrogens with two attached hydrogens (primary N) is 1. The molecule has 1 aromatic carbocycles. The standard InChI is InChI=1S/C18H24N4O3S/c1-12(2)10-16(18(23)21-14-6-9-17(19)20-11-14)22-26(24,25)15-7-4-13(3)5-8-15/h4-9,11-12,16,22H,10H2,1-3H3,(H2,19,20)(H,21,23). The van der Waals surface area contributed by atoms with Crippen molar-refractivity contribution in [3.8, 4) is 0 Å². The highest BCUT2D eigenvalue weighted by molar-refractivity contribution is 7.89. The van der Waals surface area contributed by atoms with Crippen LogP contribution in [-0.2, 0) is 14.8 Å². The molecule has 0 spiro atoms. The molecular weight excluding hydrogens is 352 g/mol. The first-order chi connectivity index (χ1) is 12.2. The van der Waals surface area contributed by atoms with E-state index < -0.39 is 22.0 Å². The molecule has 0 fully saturated rings. The SMILES string of the molecule is Cc1ccc(S(=O)(=O)NC(CC(C)C)C(=O)Nc2ccc(N)nc2)cc1. The summed E-state index contributed by atoms with van der Waals surface area (Å²) in [7, 11) is -3.81. The molecule has 7 nitrogen and oxygen atoms in total. The van der Waals surface area contributed by atoms with Gasteiger partial charge in [-0.3, -0.25) is 4.79 Å². The first-order valence-corrected chi connectivity index (χ1v) is 9.77. The van der Waals surface area contributed by atoms with E-state index in [1.165, 1.54) is 18.3 Å². The number of nitrogen functional groups attached to an aromatic ring is 1. The van der Waals surface area contributed by atoms with E-state index in [0.717, 1.165) is 5.56 Å². The molecule has 0 aliphatic heterocycles. The van der Waals surface area contributed by atoms with Crippen LogP contribution in [0, 0.1) is 12.8 Å². The van der Waals surface area contributed by atoms with Crippen LogP contribution < -0.4 is 15.8 Å². The van der Waals surface area contributed by atoms with Gasteiger partial charge in [-0.2, -0.15) is 4.72 Å². The summed E-state index contributed by atoms with van der Waals surface area (Å²) >= 11 is 0. The van der Waals surface area contributed by atoms with Crippen LogP contribution in [0.25, 0.3) is 0 Å². The highest BCUT2D eigenvalue weighted by Gasteiger charge is 2.26. The molecule has 2 rings (SSSR count). The first kappa shape index (κ1) is 19.9. The van der Waals surface area contributed by atoms with Crippen molar-refractivity contribution >= 4 is 27.4 Å². The van der Waals surface area contributed by atoms with Crippen molar-refractivity contribution in [2.45, 2.75) is 38.1 Å². The number of carbonyl (C=O) groups excluding carboxylic acids is 1. The molecule has 1 aromatic heterocycles. The predicted molar refractivity (Wildman–Crippen MR) is 102 cm³/mol. The lowest BCUT2D eigenvalue weighted by Gasteiger charge is -2.20. The molecule has 26 heavy (non-hydrogen) atoms. The van der Waals surface area contributed by atoms with Crippen molar-refractivity contribution in [1.82, 2.24) is 9.71 Å². The molecule has 0 aliphatic rings. The maximum atomic E-state index is 12.6. The van der Waals surface area contributed by atoms with E-state index >= 15 is 0 Å². The van der Waals surface area contributed by atoms with Crippen LogP contribution >= 0.6 is 0 Å². The maximum Gasteiger partial charge on any atom is 0.242 e. The summed E-state index contributed by atoms with van der Waals surface area (Å²) in [5.41, 5.74) is 6.93. The molecule has 0 aliphatic carbocycles. The lowest BCUT2D eigenvalue weighted by atomic mass is 10.0. The molecule has 4 N–H and O–H groups in total. The van der Waals surface area contributed by atoms with Gasteiger partial charge in [0.15, 0.2) is 0 Å². The van der Waals surface area contributed by atoms with E-state index in [1.54, 1.807) is 24.3 Å². The Labute approximate surface area is 154 Å². The van der Waals surface area contributed by atoms with Gasteiger partial charge in [-0.15, -0.1) is 0 Å². The Kier molecular flexibility index (Phi) is 6.33. The Bertz CT molecular complexity index is 847. The topological polar surface area (TPSA) is 114 Å².